The lowest BCUT2D eigenvalue weighted by atomic mass is 9.89. The van der Waals surface area contributed by atoms with Crippen molar-refractivity contribution in [3.8, 4) is 0 Å². The molecule has 1 N–H and O–H groups in total. The van der Waals surface area contributed by atoms with Crippen molar-refractivity contribution in [2.75, 3.05) is 13.1 Å². The summed E-state index contributed by atoms with van der Waals surface area (Å²) < 4.78 is 27.6. The molecule has 2 aliphatic rings. The summed E-state index contributed by atoms with van der Waals surface area (Å²) in [7, 11) is -3.63. The summed E-state index contributed by atoms with van der Waals surface area (Å²) in [4.78, 5) is 22.4. The highest BCUT2D eigenvalue weighted by Crippen LogP contribution is 2.35. The molecule has 1 aromatic carbocycles. The zero-order valence-corrected chi connectivity index (χ0v) is 17.6. The molecule has 2 aliphatic heterocycles. The third-order valence-electron chi connectivity index (χ3n) is 5.44. The number of amides is 1. The number of hydrogen-bond acceptors (Lipinski definition) is 6. The number of nitrogens with zero attached hydrogens (tertiary/aromatic N) is 3. The first-order chi connectivity index (χ1) is 14.4. The quantitative estimate of drug-likeness (QED) is 0.785. The Morgan fingerprint density at radius 1 is 1.27 bits per heavy atom. The van der Waals surface area contributed by atoms with Gasteiger partial charge in [0, 0.05) is 31.9 Å². The van der Waals surface area contributed by atoms with Crippen molar-refractivity contribution in [3.05, 3.63) is 59.9 Å². The van der Waals surface area contributed by atoms with Crippen LogP contribution in [0, 0.1) is 6.92 Å². The van der Waals surface area contributed by atoms with E-state index in [0.29, 0.717) is 25.9 Å². The number of piperidine rings is 1. The molecule has 4 rings (SSSR count). The van der Waals surface area contributed by atoms with Crippen LogP contribution in [0.5, 0.6) is 0 Å². The second-order valence-corrected chi connectivity index (χ2v) is 9.73. The van der Waals surface area contributed by atoms with E-state index in [9.17, 15) is 13.2 Å². The zero-order valence-electron chi connectivity index (χ0n) is 16.7. The molecule has 8 nitrogen and oxygen atoms in total. The van der Waals surface area contributed by atoms with Crippen LogP contribution in [0.15, 0.2) is 58.8 Å². The van der Waals surface area contributed by atoms with Crippen LogP contribution in [0.2, 0.25) is 0 Å². The van der Waals surface area contributed by atoms with Crippen LogP contribution in [0.4, 0.5) is 0 Å². The average Bonchev–Trinajstić information content (AvgIpc) is 3.16. The highest BCUT2D eigenvalue weighted by molar-refractivity contribution is 7.89. The average molecular weight is 429 g/mol. The fourth-order valence-electron chi connectivity index (χ4n) is 3.77. The molecule has 0 aliphatic carbocycles. The van der Waals surface area contributed by atoms with E-state index >= 15 is 0 Å². The molecule has 1 aromatic heterocycles. The van der Waals surface area contributed by atoms with Crippen molar-refractivity contribution in [3.63, 3.8) is 0 Å². The van der Waals surface area contributed by atoms with E-state index in [1.54, 1.807) is 42.7 Å². The van der Waals surface area contributed by atoms with Gasteiger partial charge in [-0.2, -0.15) is 4.31 Å². The van der Waals surface area contributed by atoms with Crippen molar-refractivity contribution in [2.45, 2.75) is 43.2 Å². The molecule has 0 unspecified atom stereocenters. The number of carbonyl (C=O) groups is 1. The van der Waals surface area contributed by atoms with Crippen LogP contribution in [-0.2, 0) is 26.2 Å². The third kappa shape index (κ3) is 4.22. The Bertz CT molecular complexity index is 1050. The Balaban J connectivity index is 1.41. The summed E-state index contributed by atoms with van der Waals surface area (Å²) in [5.41, 5.74) is 1.37. The van der Waals surface area contributed by atoms with E-state index in [1.165, 1.54) is 4.31 Å². The van der Waals surface area contributed by atoms with Gasteiger partial charge >= 0.3 is 0 Å². The summed E-state index contributed by atoms with van der Waals surface area (Å²) in [6.45, 7) is 2.85. The summed E-state index contributed by atoms with van der Waals surface area (Å²) in [5.74, 6) is -0.311. The van der Waals surface area contributed by atoms with Gasteiger partial charge in [-0.15, -0.1) is 0 Å². The number of aromatic nitrogens is 1. The minimum absolute atomic E-state index is 0.173. The van der Waals surface area contributed by atoms with Gasteiger partial charge in [0.05, 0.1) is 11.4 Å². The van der Waals surface area contributed by atoms with Crippen LogP contribution in [0.25, 0.3) is 0 Å². The lowest BCUT2D eigenvalue weighted by Crippen LogP contribution is -2.50. The molecule has 3 heterocycles. The monoisotopic (exact) mass is 428 g/mol. The van der Waals surface area contributed by atoms with Gasteiger partial charge in [0.15, 0.2) is 5.60 Å². The van der Waals surface area contributed by atoms with Gasteiger partial charge in [0.2, 0.25) is 10.0 Å². The molecule has 1 fully saturated rings. The number of oxime groups is 1. The topological polar surface area (TPSA) is 101 Å². The third-order valence-corrected chi connectivity index (χ3v) is 7.30. The van der Waals surface area contributed by atoms with Crippen molar-refractivity contribution >= 4 is 21.6 Å². The Kier molecular flexibility index (Phi) is 5.57. The fraction of sp³-hybridized carbons (Fsp3) is 0.381. The Morgan fingerprint density at radius 2 is 2.07 bits per heavy atom. The van der Waals surface area contributed by atoms with Gasteiger partial charge < -0.3 is 10.2 Å². The minimum atomic E-state index is -3.63. The SMILES string of the molecule is Cc1ccc(S(=O)(=O)N2CCC[C@@]3(CC(C(=O)NCc4cccnc4)=NO3)C2)cc1. The normalized spacial score (nSPS) is 21.8. The number of hydrogen-bond donors (Lipinski definition) is 1. The molecule has 158 valence electrons. The second kappa shape index (κ2) is 8.16. The standard InChI is InChI=1S/C21H24N4O4S/c1-16-5-7-18(8-6-16)30(27,28)25-11-3-9-21(15-25)12-19(24-29-21)20(26)23-14-17-4-2-10-22-13-17/h2,4-8,10,13H,3,9,11-12,14-15H2,1H3,(H,23,26)/t21-/m1/s1. The summed E-state index contributed by atoms with van der Waals surface area (Å²) in [6.07, 6.45) is 4.93. The molecular formula is C21H24N4O4S. The van der Waals surface area contributed by atoms with Crippen LogP contribution < -0.4 is 5.32 Å². The molecule has 30 heavy (non-hydrogen) atoms. The number of sulfonamides is 1. The van der Waals surface area contributed by atoms with Crippen LogP contribution in [0.3, 0.4) is 0 Å². The first-order valence-corrected chi connectivity index (χ1v) is 11.3. The predicted molar refractivity (Wildman–Crippen MR) is 111 cm³/mol. The number of rotatable bonds is 5. The van der Waals surface area contributed by atoms with Crippen molar-refractivity contribution in [2.24, 2.45) is 5.16 Å². The second-order valence-electron chi connectivity index (χ2n) is 7.79. The first kappa shape index (κ1) is 20.5. The van der Waals surface area contributed by atoms with Crippen molar-refractivity contribution < 1.29 is 18.0 Å². The van der Waals surface area contributed by atoms with E-state index in [0.717, 1.165) is 11.1 Å². The summed E-state index contributed by atoms with van der Waals surface area (Å²) in [5, 5.41) is 6.81. The van der Waals surface area contributed by atoms with Gasteiger partial charge in [-0.25, -0.2) is 8.42 Å². The first-order valence-electron chi connectivity index (χ1n) is 9.87. The van der Waals surface area contributed by atoms with E-state index in [-0.39, 0.29) is 29.5 Å². The zero-order chi connectivity index (χ0) is 21.2. The van der Waals surface area contributed by atoms with Gasteiger partial charge in [0.25, 0.3) is 5.91 Å². The summed E-state index contributed by atoms with van der Waals surface area (Å²) >= 11 is 0. The Morgan fingerprint density at radius 3 is 2.80 bits per heavy atom. The van der Waals surface area contributed by atoms with Crippen LogP contribution in [0.1, 0.15) is 30.4 Å². The number of benzene rings is 1. The van der Waals surface area contributed by atoms with Gasteiger partial charge in [-0.05, 0) is 43.5 Å². The Hall–Kier alpha value is -2.78. The summed E-state index contributed by atoms with van der Waals surface area (Å²) in [6, 6.07) is 10.5. The molecular weight excluding hydrogens is 404 g/mol. The maximum atomic E-state index is 13.1. The molecule has 0 bridgehead atoms. The molecule has 1 saturated heterocycles. The molecule has 1 amide bonds. The van der Waals surface area contributed by atoms with E-state index < -0.39 is 15.6 Å². The van der Waals surface area contributed by atoms with E-state index in [2.05, 4.69) is 15.5 Å². The van der Waals surface area contributed by atoms with E-state index in [1.807, 2.05) is 13.0 Å². The molecule has 1 atom stereocenters. The van der Waals surface area contributed by atoms with Crippen molar-refractivity contribution in [1.29, 1.82) is 0 Å². The van der Waals surface area contributed by atoms with Crippen LogP contribution >= 0.6 is 0 Å². The smallest absolute Gasteiger partial charge is 0.269 e. The maximum absolute atomic E-state index is 13.1. The van der Waals surface area contributed by atoms with Gasteiger partial charge in [-0.1, -0.05) is 28.9 Å². The van der Waals surface area contributed by atoms with Gasteiger partial charge in [0.1, 0.15) is 5.71 Å². The number of aryl methyl sites for hydroxylation is 1. The highest BCUT2D eigenvalue weighted by atomic mass is 32.2. The minimum Gasteiger partial charge on any atom is -0.387 e. The Labute approximate surface area is 176 Å². The fourth-order valence-corrected chi connectivity index (χ4v) is 5.32. The maximum Gasteiger partial charge on any atom is 0.269 e. The van der Waals surface area contributed by atoms with Crippen LogP contribution in [-0.4, -0.2) is 48.0 Å². The largest absolute Gasteiger partial charge is 0.387 e. The number of nitrogens with one attached hydrogen (secondary N) is 1. The lowest BCUT2D eigenvalue weighted by Gasteiger charge is -2.37. The molecule has 0 saturated carbocycles. The number of pyridine rings is 1. The van der Waals surface area contributed by atoms with Crippen molar-refractivity contribution in [1.82, 2.24) is 14.6 Å². The van der Waals surface area contributed by atoms with Gasteiger partial charge in [-0.3, -0.25) is 9.78 Å². The number of carbonyl (C=O) groups excluding carboxylic acids is 1. The molecule has 0 radical (unpaired) electrons. The lowest BCUT2D eigenvalue weighted by molar-refractivity contribution is -0.115. The molecule has 9 heteroatoms. The van der Waals surface area contributed by atoms with E-state index in [4.69, 9.17) is 4.84 Å². The molecule has 2 aromatic rings. The highest BCUT2D eigenvalue weighted by Gasteiger charge is 2.47. The predicted octanol–water partition coefficient (Wildman–Crippen LogP) is 2.01. The molecule has 1 spiro atoms.